The van der Waals surface area contributed by atoms with Crippen molar-refractivity contribution in [3.63, 3.8) is 0 Å². The van der Waals surface area contributed by atoms with E-state index in [0.717, 1.165) is 55.8 Å². The highest BCUT2D eigenvalue weighted by Gasteiger charge is 2.11. The second kappa shape index (κ2) is 8.13. The molecule has 0 saturated heterocycles. The van der Waals surface area contributed by atoms with Crippen LogP contribution in [0.15, 0.2) is 108 Å². The Morgan fingerprint density at radius 2 is 1.39 bits per heavy atom. The summed E-state index contributed by atoms with van der Waals surface area (Å²) in [5.74, 6) is 0.859. The first-order chi connectivity index (χ1) is 16.3. The molecule has 5 heteroatoms. The van der Waals surface area contributed by atoms with Gasteiger partial charge in [0.15, 0.2) is 0 Å². The lowest BCUT2D eigenvalue weighted by molar-refractivity contribution is 1.32. The number of benzene rings is 4. The Morgan fingerprint density at radius 1 is 0.667 bits per heavy atom. The lowest BCUT2D eigenvalue weighted by Crippen LogP contribution is -1.92. The van der Waals surface area contributed by atoms with Gasteiger partial charge in [0.05, 0.1) is 28.6 Å². The summed E-state index contributed by atoms with van der Waals surface area (Å²) in [5, 5.41) is 5.68. The van der Waals surface area contributed by atoms with Gasteiger partial charge in [-0.2, -0.15) is 5.10 Å². The van der Waals surface area contributed by atoms with Gasteiger partial charge in [-0.05, 0) is 48.0 Å². The zero-order chi connectivity index (χ0) is 22.0. The molecule has 0 fully saturated rings. The van der Waals surface area contributed by atoms with E-state index in [4.69, 9.17) is 0 Å². The van der Waals surface area contributed by atoms with Crippen LogP contribution in [0.4, 0.5) is 5.69 Å². The maximum Gasteiger partial charge on any atom is 0.138 e. The van der Waals surface area contributed by atoms with Crippen molar-refractivity contribution >= 4 is 33.8 Å². The second-order valence-electron chi connectivity index (χ2n) is 7.88. The molecule has 0 aliphatic rings. The Hall–Kier alpha value is -4.64. The lowest BCUT2D eigenvalue weighted by atomic mass is 10.1. The van der Waals surface area contributed by atoms with Crippen molar-refractivity contribution in [2.45, 2.75) is 0 Å². The van der Waals surface area contributed by atoms with Gasteiger partial charge in [-0.1, -0.05) is 60.7 Å². The van der Waals surface area contributed by atoms with Gasteiger partial charge in [-0.15, -0.1) is 0 Å². The summed E-state index contributed by atoms with van der Waals surface area (Å²) in [6, 6.07) is 34.7. The maximum absolute atomic E-state index is 4.67. The number of aromatic nitrogens is 3. The van der Waals surface area contributed by atoms with Gasteiger partial charge < -0.3 is 9.97 Å². The molecule has 5 nitrogen and oxygen atoms in total. The predicted octanol–water partition coefficient (Wildman–Crippen LogP) is 6.82. The lowest BCUT2D eigenvalue weighted by Gasteiger charge is -2.03. The van der Waals surface area contributed by atoms with Crippen molar-refractivity contribution in [3.05, 3.63) is 109 Å². The van der Waals surface area contributed by atoms with Crippen molar-refractivity contribution in [2.75, 3.05) is 5.43 Å². The van der Waals surface area contributed by atoms with Crippen molar-refractivity contribution < 1.29 is 0 Å². The summed E-state index contributed by atoms with van der Waals surface area (Å²) in [7, 11) is 0. The van der Waals surface area contributed by atoms with Crippen LogP contribution in [0.5, 0.6) is 0 Å². The highest BCUT2D eigenvalue weighted by molar-refractivity contribution is 6.06. The number of nitrogens with zero attached hydrogens (tertiary/aromatic N) is 2. The predicted molar refractivity (Wildman–Crippen MR) is 136 cm³/mol. The molecule has 6 rings (SSSR count). The molecule has 0 aliphatic heterocycles. The smallest absolute Gasteiger partial charge is 0.138 e. The van der Waals surface area contributed by atoms with E-state index in [-0.39, 0.29) is 0 Å². The van der Waals surface area contributed by atoms with Crippen LogP contribution in [0.3, 0.4) is 0 Å². The zero-order valence-corrected chi connectivity index (χ0v) is 17.8. The first-order valence-electron chi connectivity index (χ1n) is 10.9. The summed E-state index contributed by atoms with van der Waals surface area (Å²) >= 11 is 0. The van der Waals surface area contributed by atoms with Gasteiger partial charge >= 0.3 is 0 Å². The van der Waals surface area contributed by atoms with Crippen molar-refractivity contribution in [2.24, 2.45) is 5.10 Å². The van der Waals surface area contributed by atoms with Gasteiger partial charge in [0, 0.05) is 22.0 Å². The van der Waals surface area contributed by atoms with Gasteiger partial charge in [0.25, 0.3) is 0 Å². The third-order valence-corrected chi connectivity index (χ3v) is 5.74. The Bertz CT molecular complexity index is 1540. The monoisotopic (exact) mass is 427 g/mol. The Kier molecular flexibility index (Phi) is 4.70. The molecule has 3 N–H and O–H groups in total. The average molecular weight is 428 g/mol. The zero-order valence-electron chi connectivity index (χ0n) is 17.8. The van der Waals surface area contributed by atoms with Crippen LogP contribution < -0.4 is 5.43 Å². The third-order valence-electron chi connectivity index (χ3n) is 5.74. The fourth-order valence-electron chi connectivity index (χ4n) is 4.09. The van der Waals surface area contributed by atoms with Crippen LogP contribution in [0.25, 0.3) is 44.6 Å². The molecule has 0 bridgehead atoms. The van der Waals surface area contributed by atoms with Crippen LogP contribution in [0.1, 0.15) is 5.56 Å². The summed E-state index contributed by atoms with van der Waals surface area (Å²) in [4.78, 5) is 11.6. The summed E-state index contributed by atoms with van der Waals surface area (Å²) in [5.41, 5.74) is 11.4. The quantitative estimate of drug-likeness (QED) is 0.209. The molecule has 33 heavy (non-hydrogen) atoms. The van der Waals surface area contributed by atoms with Crippen LogP contribution in [-0.2, 0) is 0 Å². The second-order valence-corrected chi connectivity index (χ2v) is 7.88. The summed E-state index contributed by atoms with van der Waals surface area (Å²) < 4.78 is 0. The first kappa shape index (κ1) is 19.1. The molecule has 0 amide bonds. The Morgan fingerprint density at radius 3 is 2.21 bits per heavy atom. The largest absolute Gasteiger partial charge is 0.354 e. The van der Waals surface area contributed by atoms with Crippen molar-refractivity contribution in [3.8, 4) is 22.6 Å². The number of hydrogen-bond donors (Lipinski definition) is 3. The van der Waals surface area contributed by atoms with Gasteiger partial charge in [-0.25, -0.2) is 4.98 Å². The number of H-pyrrole nitrogens is 2. The minimum atomic E-state index is 0.859. The van der Waals surface area contributed by atoms with Gasteiger partial charge in [0.1, 0.15) is 5.82 Å². The topological polar surface area (TPSA) is 68.9 Å². The number of anilines is 1. The molecule has 0 saturated carbocycles. The first-order valence-corrected chi connectivity index (χ1v) is 10.9. The Balaban J connectivity index is 1.26. The average Bonchev–Trinajstić information content (AvgIpc) is 3.47. The molecular formula is C28H21N5. The number of imidazole rings is 1. The number of para-hydroxylation sites is 3. The third kappa shape index (κ3) is 3.66. The SMILES string of the molecule is C(=NNc1ccc(-c2nc3ccccc3[nH]2)cc1)c1c(-c2ccccc2)[nH]c2ccccc12. The highest BCUT2D eigenvalue weighted by Crippen LogP contribution is 2.29. The number of hydrogen-bond acceptors (Lipinski definition) is 3. The normalized spacial score (nSPS) is 11.5. The molecule has 0 aliphatic carbocycles. The minimum Gasteiger partial charge on any atom is -0.354 e. The molecule has 2 aromatic heterocycles. The van der Waals surface area contributed by atoms with Crippen LogP contribution in [-0.4, -0.2) is 21.2 Å². The van der Waals surface area contributed by atoms with Crippen LogP contribution >= 0.6 is 0 Å². The highest BCUT2D eigenvalue weighted by atomic mass is 15.3. The fourth-order valence-corrected chi connectivity index (χ4v) is 4.09. The van der Waals surface area contributed by atoms with E-state index in [1.54, 1.807) is 0 Å². The van der Waals surface area contributed by atoms with E-state index in [1.807, 2.05) is 85.1 Å². The molecule has 6 aromatic rings. The molecule has 2 heterocycles. The molecule has 4 aromatic carbocycles. The van der Waals surface area contributed by atoms with Crippen molar-refractivity contribution in [1.82, 2.24) is 15.0 Å². The molecule has 0 unspecified atom stereocenters. The number of rotatable bonds is 5. The van der Waals surface area contributed by atoms with Crippen LogP contribution in [0.2, 0.25) is 0 Å². The molecule has 0 radical (unpaired) electrons. The van der Waals surface area contributed by atoms with Crippen molar-refractivity contribution in [1.29, 1.82) is 0 Å². The molecule has 158 valence electrons. The molecule has 0 atom stereocenters. The van der Waals surface area contributed by atoms with E-state index in [2.05, 4.69) is 49.7 Å². The van der Waals surface area contributed by atoms with E-state index in [1.165, 1.54) is 0 Å². The van der Waals surface area contributed by atoms with E-state index in [9.17, 15) is 0 Å². The fraction of sp³-hybridized carbons (Fsp3) is 0. The van der Waals surface area contributed by atoms with Gasteiger partial charge in [0.2, 0.25) is 0 Å². The maximum atomic E-state index is 4.67. The molecule has 0 spiro atoms. The number of fused-ring (bicyclic) bond motifs is 2. The minimum absolute atomic E-state index is 0.859. The number of nitrogens with one attached hydrogen (secondary N) is 3. The summed E-state index contributed by atoms with van der Waals surface area (Å²) in [6.07, 6.45) is 1.88. The van der Waals surface area contributed by atoms with Crippen LogP contribution in [0, 0.1) is 0 Å². The number of aromatic amines is 2. The van der Waals surface area contributed by atoms with E-state index in [0.29, 0.717) is 0 Å². The van der Waals surface area contributed by atoms with E-state index < -0.39 is 0 Å². The summed E-state index contributed by atoms with van der Waals surface area (Å²) in [6.45, 7) is 0. The standard InChI is InChI=1S/C28H21N5/c1-2-8-19(9-3-1)27-23(22-10-4-5-11-24(22)30-27)18-29-33-21-16-14-20(15-17-21)28-31-25-12-6-7-13-26(25)32-28/h1-18,30,33H,(H,31,32). The van der Waals surface area contributed by atoms with E-state index >= 15 is 0 Å². The van der Waals surface area contributed by atoms with Gasteiger partial charge in [-0.3, -0.25) is 5.43 Å². The molecular weight excluding hydrogens is 406 g/mol. The number of hydrazone groups is 1. The Labute approximate surface area is 190 Å².